The summed E-state index contributed by atoms with van der Waals surface area (Å²) < 4.78 is 5.36. The number of nitrogens with two attached hydrogens (primary N) is 1. The molecule has 0 aliphatic carbocycles. The van der Waals surface area contributed by atoms with E-state index in [0.29, 0.717) is 18.0 Å². The molecule has 1 aromatic heterocycles. The largest absolute Gasteiger partial charge is 0.449 e. The summed E-state index contributed by atoms with van der Waals surface area (Å²) >= 11 is 1.63. The van der Waals surface area contributed by atoms with Crippen LogP contribution in [0.25, 0.3) is 10.4 Å². The minimum atomic E-state index is -0.506. The van der Waals surface area contributed by atoms with Crippen LogP contribution >= 0.6 is 11.3 Å². The molecule has 1 aliphatic heterocycles. The van der Waals surface area contributed by atoms with Gasteiger partial charge in [-0.15, -0.1) is 11.3 Å². The number of carbonyl (C=O) groups excluding carboxylic acids is 2. The average molecular weight is 373 g/mol. The monoisotopic (exact) mass is 373 g/mol. The highest BCUT2D eigenvalue weighted by molar-refractivity contribution is 7.13. The highest BCUT2D eigenvalue weighted by Gasteiger charge is 2.22. The van der Waals surface area contributed by atoms with Crippen LogP contribution in [0.1, 0.15) is 19.8 Å². The number of thiophene rings is 1. The number of carbonyl (C=O) groups is 2. The summed E-state index contributed by atoms with van der Waals surface area (Å²) in [5.74, 6) is 0.384. The van der Waals surface area contributed by atoms with Gasteiger partial charge >= 0.3 is 6.09 Å². The lowest BCUT2D eigenvalue weighted by Gasteiger charge is -2.30. The van der Waals surface area contributed by atoms with Gasteiger partial charge in [0.25, 0.3) is 0 Å². The molecule has 2 heterocycles. The summed E-state index contributed by atoms with van der Waals surface area (Å²) in [5.41, 5.74) is 8.02. The van der Waals surface area contributed by atoms with Crippen molar-refractivity contribution < 1.29 is 14.3 Å². The van der Waals surface area contributed by atoms with Crippen molar-refractivity contribution in [2.75, 3.05) is 30.7 Å². The number of nitrogens with zero attached hydrogens (tertiary/aromatic N) is 1. The van der Waals surface area contributed by atoms with E-state index in [-0.39, 0.29) is 11.8 Å². The second kappa shape index (κ2) is 8.23. The molecule has 1 saturated heterocycles. The van der Waals surface area contributed by atoms with Crippen LogP contribution in [0, 0.1) is 5.92 Å². The molecule has 0 bridgehead atoms. The van der Waals surface area contributed by atoms with Crippen molar-refractivity contribution >= 4 is 34.7 Å². The fourth-order valence-corrected chi connectivity index (χ4v) is 3.74. The quantitative estimate of drug-likeness (QED) is 0.798. The van der Waals surface area contributed by atoms with Crippen molar-refractivity contribution in [3.63, 3.8) is 0 Å². The third kappa shape index (κ3) is 4.54. The van der Waals surface area contributed by atoms with Crippen LogP contribution in [0.15, 0.2) is 35.7 Å². The Kier molecular flexibility index (Phi) is 5.78. The van der Waals surface area contributed by atoms with Gasteiger partial charge < -0.3 is 15.4 Å². The molecule has 1 aliphatic rings. The van der Waals surface area contributed by atoms with E-state index in [0.717, 1.165) is 36.4 Å². The molecule has 1 aromatic carbocycles. The predicted molar refractivity (Wildman–Crippen MR) is 104 cm³/mol. The molecule has 138 valence electrons. The Morgan fingerprint density at radius 1 is 1.31 bits per heavy atom. The molecule has 0 saturated carbocycles. The molecule has 0 spiro atoms. The van der Waals surface area contributed by atoms with E-state index in [1.807, 2.05) is 34.5 Å². The topological polar surface area (TPSA) is 84.7 Å². The molecule has 2 amide bonds. The van der Waals surface area contributed by atoms with Crippen molar-refractivity contribution in [1.29, 1.82) is 0 Å². The summed E-state index contributed by atoms with van der Waals surface area (Å²) in [6, 6.07) is 9.57. The number of nitrogens with one attached hydrogen (secondary N) is 1. The lowest BCUT2D eigenvalue weighted by Crippen LogP contribution is -2.38. The highest BCUT2D eigenvalue weighted by Crippen LogP contribution is 2.30. The number of rotatable bonds is 4. The van der Waals surface area contributed by atoms with E-state index in [1.165, 1.54) is 0 Å². The van der Waals surface area contributed by atoms with Crippen molar-refractivity contribution in [3.05, 3.63) is 35.7 Å². The summed E-state index contributed by atoms with van der Waals surface area (Å²) in [7, 11) is 0. The summed E-state index contributed by atoms with van der Waals surface area (Å²) in [6.45, 7) is 3.38. The second-order valence-electron chi connectivity index (χ2n) is 6.45. The summed E-state index contributed by atoms with van der Waals surface area (Å²) in [5, 5.41) is 4.74. The molecule has 0 unspecified atom stereocenters. The Labute approximate surface area is 156 Å². The molecular weight excluding hydrogens is 350 g/mol. The van der Waals surface area contributed by atoms with Gasteiger partial charge in [-0.2, -0.15) is 0 Å². The van der Waals surface area contributed by atoms with E-state index in [9.17, 15) is 9.59 Å². The number of ether oxygens (including phenoxy) is 1. The third-order valence-corrected chi connectivity index (χ3v) is 5.52. The van der Waals surface area contributed by atoms with Crippen molar-refractivity contribution in [1.82, 2.24) is 4.90 Å². The Morgan fingerprint density at radius 2 is 2.08 bits per heavy atom. The first-order chi connectivity index (χ1) is 12.5. The van der Waals surface area contributed by atoms with Crippen molar-refractivity contribution in [3.8, 4) is 10.4 Å². The van der Waals surface area contributed by atoms with Crippen molar-refractivity contribution in [2.24, 2.45) is 5.92 Å². The average Bonchev–Trinajstić information content (AvgIpc) is 3.17. The van der Waals surface area contributed by atoms with E-state index < -0.39 is 6.09 Å². The number of piperidine rings is 1. The molecule has 0 atom stereocenters. The zero-order chi connectivity index (χ0) is 18.5. The lowest BCUT2D eigenvalue weighted by molar-refractivity contribution is -0.130. The van der Waals surface area contributed by atoms with E-state index in [2.05, 4.69) is 5.32 Å². The number of nitrogen functional groups attached to an aromatic ring is 1. The Bertz CT molecular complexity index is 768. The number of benzene rings is 1. The molecule has 2 aromatic rings. The smallest absolute Gasteiger partial charge is 0.411 e. The van der Waals surface area contributed by atoms with Gasteiger partial charge in [-0.05, 0) is 47.9 Å². The van der Waals surface area contributed by atoms with Gasteiger partial charge in [-0.3, -0.25) is 10.1 Å². The zero-order valence-corrected chi connectivity index (χ0v) is 15.6. The standard InChI is InChI=1S/C19H23N3O3S/c1-13(23)22-8-6-14(7-9-22)12-25-19(24)21-17-11-15(4-5-16(17)20)18-3-2-10-26-18/h2-5,10-11,14H,6-9,12,20H2,1H3,(H,21,24). The van der Waals surface area contributed by atoms with Crippen LogP contribution in [0.5, 0.6) is 0 Å². The number of amides is 2. The maximum Gasteiger partial charge on any atom is 0.411 e. The molecule has 26 heavy (non-hydrogen) atoms. The molecule has 1 fully saturated rings. The molecule has 3 rings (SSSR count). The van der Waals surface area contributed by atoms with Crippen LogP contribution in [-0.2, 0) is 9.53 Å². The fraction of sp³-hybridized carbons (Fsp3) is 0.368. The normalized spacial score (nSPS) is 14.9. The van der Waals surface area contributed by atoms with E-state index >= 15 is 0 Å². The van der Waals surface area contributed by atoms with Gasteiger partial charge in [-0.25, -0.2) is 4.79 Å². The van der Waals surface area contributed by atoms with Crippen LogP contribution in [-0.4, -0.2) is 36.6 Å². The van der Waals surface area contributed by atoms with Crippen LogP contribution in [0.2, 0.25) is 0 Å². The van der Waals surface area contributed by atoms with Gasteiger partial charge in [0.05, 0.1) is 18.0 Å². The van der Waals surface area contributed by atoms with Gasteiger partial charge in [-0.1, -0.05) is 12.1 Å². The van der Waals surface area contributed by atoms with Gasteiger partial charge in [0, 0.05) is 24.9 Å². The van der Waals surface area contributed by atoms with Crippen LogP contribution < -0.4 is 11.1 Å². The first-order valence-corrected chi connectivity index (χ1v) is 9.53. The molecule has 6 nitrogen and oxygen atoms in total. The molecule has 7 heteroatoms. The number of likely N-dealkylation sites (tertiary alicyclic amines) is 1. The van der Waals surface area contributed by atoms with Crippen LogP contribution in [0.4, 0.5) is 16.2 Å². The first-order valence-electron chi connectivity index (χ1n) is 8.65. The Morgan fingerprint density at radius 3 is 2.73 bits per heavy atom. The number of hydrogen-bond acceptors (Lipinski definition) is 5. The second-order valence-corrected chi connectivity index (χ2v) is 7.40. The highest BCUT2D eigenvalue weighted by atomic mass is 32.1. The molecule has 3 N–H and O–H groups in total. The third-order valence-electron chi connectivity index (χ3n) is 4.61. The Balaban J connectivity index is 1.52. The number of anilines is 2. The Hall–Kier alpha value is -2.54. The number of hydrogen-bond donors (Lipinski definition) is 2. The SMILES string of the molecule is CC(=O)N1CCC(COC(=O)Nc2cc(-c3cccs3)ccc2N)CC1. The van der Waals surface area contributed by atoms with E-state index in [4.69, 9.17) is 10.5 Å². The minimum absolute atomic E-state index is 0.100. The van der Waals surface area contributed by atoms with Gasteiger partial charge in [0.2, 0.25) is 5.91 Å². The molecular formula is C19H23N3O3S. The van der Waals surface area contributed by atoms with Gasteiger partial charge in [0.15, 0.2) is 0 Å². The van der Waals surface area contributed by atoms with Crippen molar-refractivity contribution in [2.45, 2.75) is 19.8 Å². The predicted octanol–water partition coefficient (Wildman–Crippen LogP) is 3.80. The minimum Gasteiger partial charge on any atom is -0.449 e. The van der Waals surface area contributed by atoms with E-state index in [1.54, 1.807) is 24.3 Å². The maximum absolute atomic E-state index is 12.1. The van der Waals surface area contributed by atoms with Crippen LogP contribution in [0.3, 0.4) is 0 Å². The summed E-state index contributed by atoms with van der Waals surface area (Å²) in [4.78, 5) is 26.4. The first kappa shape index (κ1) is 18.3. The lowest BCUT2D eigenvalue weighted by atomic mass is 9.98. The zero-order valence-electron chi connectivity index (χ0n) is 14.7. The summed E-state index contributed by atoms with van der Waals surface area (Å²) in [6.07, 6.45) is 1.19. The maximum atomic E-state index is 12.1. The molecule has 0 radical (unpaired) electrons. The fourth-order valence-electron chi connectivity index (χ4n) is 3.01. The van der Waals surface area contributed by atoms with Gasteiger partial charge in [0.1, 0.15) is 0 Å².